The lowest BCUT2D eigenvalue weighted by Gasteiger charge is -2.28. The van der Waals surface area contributed by atoms with Crippen LogP contribution < -0.4 is 4.90 Å². The fraction of sp³-hybridized carbons (Fsp3) is 0. The normalized spacial score (nSPS) is 11.7. The first-order chi connectivity index (χ1) is 26.3. The molecule has 0 bridgehead atoms. The maximum absolute atomic E-state index is 2.40. The summed E-state index contributed by atoms with van der Waals surface area (Å²) in [7, 11) is 0. The average molecular weight is 674 g/mol. The van der Waals surface area contributed by atoms with Crippen LogP contribution in [0.1, 0.15) is 11.1 Å². The first-order valence-electron chi connectivity index (χ1n) is 18.3. The van der Waals surface area contributed by atoms with E-state index in [9.17, 15) is 0 Å². The van der Waals surface area contributed by atoms with Gasteiger partial charge in [-0.1, -0.05) is 170 Å². The Bertz CT molecular complexity index is 2700. The summed E-state index contributed by atoms with van der Waals surface area (Å²) >= 11 is 0. The third kappa shape index (κ3) is 5.51. The van der Waals surface area contributed by atoms with Gasteiger partial charge >= 0.3 is 0 Å². The molecule has 0 atom stereocenters. The van der Waals surface area contributed by atoms with Crippen molar-refractivity contribution in [3.05, 3.63) is 211 Å². The Balaban J connectivity index is 1.14. The van der Waals surface area contributed by atoms with E-state index in [-0.39, 0.29) is 0 Å². The summed E-state index contributed by atoms with van der Waals surface area (Å²) in [4.78, 5) is 2.40. The van der Waals surface area contributed by atoms with Gasteiger partial charge in [0.05, 0.1) is 5.69 Å². The van der Waals surface area contributed by atoms with Crippen molar-refractivity contribution in [2.45, 2.75) is 0 Å². The molecule has 0 amide bonds. The highest BCUT2D eigenvalue weighted by atomic mass is 15.1. The Kier molecular flexibility index (Phi) is 7.55. The second-order valence-electron chi connectivity index (χ2n) is 13.7. The molecule has 53 heavy (non-hydrogen) atoms. The molecular formula is C52H35N. The molecule has 1 aliphatic rings. The van der Waals surface area contributed by atoms with Gasteiger partial charge in [0.1, 0.15) is 0 Å². The summed E-state index contributed by atoms with van der Waals surface area (Å²) in [5.74, 6) is 0. The van der Waals surface area contributed by atoms with Crippen molar-refractivity contribution in [2.24, 2.45) is 0 Å². The maximum atomic E-state index is 2.40. The zero-order valence-corrected chi connectivity index (χ0v) is 29.2. The van der Waals surface area contributed by atoms with Gasteiger partial charge in [-0.05, 0) is 114 Å². The van der Waals surface area contributed by atoms with Gasteiger partial charge in [-0.2, -0.15) is 0 Å². The number of hydrogen-bond acceptors (Lipinski definition) is 1. The summed E-state index contributed by atoms with van der Waals surface area (Å²) in [6, 6.07) is 72.7. The lowest BCUT2D eigenvalue weighted by molar-refractivity contribution is 1.30. The van der Waals surface area contributed by atoms with Crippen LogP contribution in [-0.2, 0) is 0 Å². The van der Waals surface area contributed by atoms with Crippen molar-refractivity contribution in [2.75, 3.05) is 4.90 Å². The van der Waals surface area contributed by atoms with E-state index in [0.29, 0.717) is 0 Å². The van der Waals surface area contributed by atoms with E-state index in [1.54, 1.807) is 0 Å². The summed E-state index contributed by atoms with van der Waals surface area (Å²) in [5, 5.41) is 5.05. The summed E-state index contributed by atoms with van der Waals surface area (Å²) in [6.07, 6.45) is 4.52. The van der Waals surface area contributed by atoms with Gasteiger partial charge in [0.25, 0.3) is 0 Å². The first kappa shape index (κ1) is 30.8. The molecule has 1 aliphatic carbocycles. The van der Waals surface area contributed by atoms with Crippen molar-refractivity contribution >= 4 is 50.8 Å². The second kappa shape index (κ2) is 13.0. The van der Waals surface area contributed by atoms with Gasteiger partial charge < -0.3 is 4.90 Å². The number of nitrogens with zero attached hydrogens (tertiary/aromatic N) is 1. The van der Waals surface area contributed by atoms with Gasteiger partial charge in [0.2, 0.25) is 0 Å². The molecule has 1 heteroatoms. The molecule has 0 fully saturated rings. The van der Waals surface area contributed by atoms with Gasteiger partial charge in [0, 0.05) is 16.8 Å². The third-order valence-electron chi connectivity index (χ3n) is 10.6. The number of fused-ring (bicyclic) bond motifs is 1. The van der Waals surface area contributed by atoms with E-state index in [1.807, 2.05) is 0 Å². The van der Waals surface area contributed by atoms with Gasteiger partial charge in [0.15, 0.2) is 0 Å². The zero-order valence-electron chi connectivity index (χ0n) is 29.2. The highest BCUT2D eigenvalue weighted by Crippen LogP contribution is 2.45. The molecule has 0 saturated heterocycles. The lowest BCUT2D eigenvalue weighted by Crippen LogP contribution is -2.10. The Morgan fingerprint density at radius 1 is 0.283 bits per heavy atom. The van der Waals surface area contributed by atoms with Gasteiger partial charge in [-0.25, -0.2) is 0 Å². The van der Waals surface area contributed by atoms with E-state index in [2.05, 4.69) is 217 Å². The van der Waals surface area contributed by atoms with Crippen LogP contribution in [0.15, 0.2) is 200 Å². The van der Waals surface area contributed by atoms with Crippen LogP contribution in [0.5, 0.6) is 0 Å². The molecule has 9 aromatic rings. The summed E-state index contributed by atoms with van der Waals surface area (Å²) in [5.41, 5.74) is 15.7. The second-order valence-corrected chi connectivity index (χ2v) is 13.7. The van der Waals surface area contributed by atoms with Crippen LogP contribution in [0, 0.1) is 0 Å². The van der Waals surface area contributed by atoms with Crippen molar-refractivity contribution < 1.29 is 0 Å². The number of benzene rings is 9. The summed E-state index contributed by atoms with van der Waals surface area (Å²) in [6.45, 7) is 0. The predicted molar refractivity (Wildman–Crippen MR) is 227 cm³/mol. The Labute approximate surface area is 310 Å². The molecule has 0 saturated carbocycles. The predicted octanol–water partition coefficient (Wildman–Crippen LogP) is 14.6. The van der Waals surface area contributed by atoms with Crippen LogP contribution in [0.25, 0.3) is 78.2 Å². The van der Waals surface area contributed by atoms with Crippen LogP contribution in [0.2, 0.25) is 0 Å². The lowest BCUT2D eigenvalue weighted by atomic mass is 9.89. The van der Waals surface area contributed by atoms with Crippen molar-refractivity contribution in [3.63, 3.8) is 0 Å². The fourth-order valence-corrected chi connectivity index (χ4v) is 8.04. The molecule has 1 nitrogen and oxygen atoms in total. The molecule has 0 spiro atoms. The number of hydrogen-bond donors (Lipinski definition) is 0. The largest absolute Gasteiger partial charge is 0.310 e. The molecule has 0 N–H and O–H groups in total. The highest BCUT2D eigenvalue weighted by Gasteiger charge is 2.20. The minimum absolute atomic E-state index is 1.11. The molecular weight excluding hydrogens is 639 g/mol. The number of rotatable bonds is 7. The standard InChI is InChI=1S/C52H35N/c1-4-12-36(13-5-1)38-22-27-44(28-23-38)53(45-29-24-39(25-30-45)37-14-6-2-7-15-37)51-33-32-47(48-18-10-11-19-49(48)51)43-34-42-21-20-41-26-31-46(50(35-43)52(41)42)40-16-8-3-9-17-40/h1-35H. The van der Waals surface area contributed by atoms with E-state index in [0.717, 1.165) is 17.1 Å². The van der Waals surface area contributed by atoms with Crippen molar-refractivity contribution in [1.82, 2.24) is 0 Å². The van der Waals surface area contributed by atoms with Gasteiger partial charge in [-0.15, -0.1) is 0 Å². The van der Waals surface area contributed by atoms with E-state index in [4.69, 9.17) is 0 Å². The third-order valence-corrected chi connectivity index (χ3v) is 10.6. The summed E-state index contributed by atoms with van der Waals surface area (Å²) < 4.78 is 0. The first-order valence-corrected chi connectivity index (χ1v) is 18.3. The molecule has 0 unspecified atom stereocenters. The molecule has 9 aromatic carbocycles. The Morgan fingerprint density at radius 3 is 1.36 bits per heavy atom. The monoisotopic (exact) mass is 673 g/mol. The minimum Gasteiger partial charge on any atom is -0.310 e. The maximum Gasteiger partial charge on any atom is 0.0540 e. The Morgan fingerprint density at radius 2 is 0.755 bits per heavy atom. The average Bonchev–Trinajstić information content (AvgIpc) is 3.66. The van der Waals surface area contributed by atoms with E-state index < -0.39 is 0 Å². The molecule has 0 radical (unpaired) electrons. The Hall–Kier alpha value is -6.96. The van der Waals surface area contributed by atoms with Gasteiger partial charge in [-0.3, -0.25) is 0 Å². The van der Waals surface area contributed by atoms with Crippen molar-refractivity contribution in [1.29, 1.82) is 0 Å². The molecule has 0 aliphatic heterocycles. The van der Waals surface area contributed by atoms with E-state index >= 15 is 0 Å². The topological polar surface area (TPSA) is 3.24 Å². The van der Waals surface area contributed by atoms with Crippen LogP contribution in [0.3, 0.4) is 0 Å². The van der Waals surface area contributed by atoms with Crippen LogP contribution >= 0.6 is 0 Å². The highest BCUT2D eigenvalue weighted by molar-refractivity contribution is 6.14. The molecule has 0 aromatic heterocycles. The van der Waals surface area contributed by atoms with Crippen molar-refractivity contribution in [3.8, 4) is 44.5 Å². The van der Waals surface area contributed by atoms with E-state index in [1.165, 1.54) is 77.2 Å². The quantitative estimate of drug-likeness (QED) is 0.163. The molecule has 0 heterocycles. The van der Waals surface area contributed by atoms with Crippen LogP contribution in [-0.4, -0.2) is 0 Å². The SMILES string of the molecule is C1=Cc2cc(-c3ccc(N(c4ccc(-c5ccccc5)cc4)c4ccc(-c5ccccc5)cc4)c4ccccc34)cc3c(-c4ccccc4)ccc1c23. The van der Waals surface area contributed by atoms with Crippen LogP contribution in [0.4, 0.5) is 17.1 Å². The smallest absolute Gasteiger partial charge is 0.0540 e. The minimum atomic E-state index is 1.11. The molecule has 10 rings (SSSR count). The fourth-order valence-electron chi connectivity index (χ4n) is 8.04. The number of anilines is 3. The molecule has 248 valence electrons. The zero-order chi connectivity index (χ0) is 35.1.